The molecule has 0 unspecified atom stereocenters. The van der Waals surface area contributed by atoms with Crippen LogP contribution in [0.3, 0.4) is 0 Å². The van der Waals surface area contributed by atoms with Gasteiger partial charge in [-0.3, -0.25) is 13.9 Å². The fourth-order valence-electron chi connectivity index (χ4n) is 4.67. The van der Waals surface area contributed by atoms with Crippen molar-refractivity contribution in [3.05, 3.63) is 132 Å². The Bertz CT molecular complexity index is 1600. The number of halogens is 1. The van der Waals surface area contributed by atoms with Crippen LogP contribution < -0.4 is 9.62 Å². The van der Waals surface area contributed by atoms with Crippen LogP contribution in [0.2, 0.25) is 0 Å². The van der Waals surface area contributed by atoms with Crippen LogP contribution in [0.25, 0.3) is 0 Å². The number of nitrogens with zero attached hydrogens (tertiary/aromatic N) is 2. The molecule has 43 heavy (non-hydrogen) atoms. The van der Waals surface area contributed by atoms with E-state index in [4.69, 9.17) is 0 Å². The van der Waals surface area contributed by atoms with Crippen molar-refractivity contribution in [3.63, 3.8) is 0 Å². The van der Waals surface area contributed by atoms with E-state index in [1.54, 1.807) is 18.2 Å². The predicted molar refractivity (Wildman–Crippen MR) is 166 cm³/mol. The minimum Gasteiger partial charge on any atom is -0.354 e. The summed E-state index contributed by atoms with van der Waals surface area (Å²) in [6.45, 7) is 3.81. The maximum atomic E-state index is 14.3. The molecule has 2 amide bonds. The maximum Gasteiger partial charge on any atom is 0.264 e. The standard InChI is InChI=1S/C34H36FN3O4S/c1-3-22-36-34(40)32(23-27-10-6-4-7-11-27)37(24-28-16-14-26(2)15-17-28)33(39)25-38(30-20-18-29(35)19-21-30)43(41,42)31-12-8-5-9-13-31/h4-21,32H,3,22-25H2,1-2H3,(H,36,40)/t32-/m1/s1. The summed E-state index contributed by atoms with van der Waals surface area (Å²) in [5, 5.41) is 2.92. The Balaban J connectivity index is 1.78. The molecule has 7 nitrogen and oxygen atoms in total. The molecular weight excluding hydrogens is 565 g/mol. The SMILES string of the molecule is CCCNC(=O)[C@@H](Cc1ccccc1)N(Cc1ccc(C)cc1)C(=O)CN(c1ccc(F)cc1)S(=O)(=O)c1ccccc1. The summed E-state index contributed by atoms with van der Waals surface area (Å²) in [5.41, 5.74) is 2.82. The van der Waals surface area contributed by atoms with Crippen molar-refractivity contribution in [2.75, 3.05) is 17.4 Å². The molecular formula is C34H36FN3O4S. The smallest absolute Gasteiger partial charge is 0.264 e. The first-order valence-electron chi connectivity index (χ1n) is 14.2. The van der Waals surface area contributed by atoms with Gasteiger partial charge in [-0.15, -0.1) is 0 Å². The van der Waals surface area contributed by atoms with Gasteiger partial charge in [0.15, 0.2) is 0 Å². The molecule has 0 heterocycles. The molecule has 0 fully saturated rings. The molecule has 1 N–H and O–H groups in total. The van der Waals surface area contributed by atoms with Crippen LogP contribution in [-0.4, -0.2) is 44.3 Å². The molecule has 0 spiro atoms. The molecule has 4 aromatic carbocycles. The summed E-state index contributed by atoms with van der Waals surface area (Å²) in [7, 11) is -4.23. The number of nitrogens with one attached hydrogen (secondary N) is 1. The highest BCUT2D eigenvalue weighted by Gasteiger charge is 2.34. The Morgan fingerprint density at radius 3 is 2.02 bits per heavy atom. The van der Waals surface area contributed by atoms with Gasteiger partial charge in [0.2, 0.25) is 11.8 Å². The zero-order valence-corrected chi connectivity index (χ0v) is 25.1. The first kappa shape index (κ1) is 31.4. The number of sulfonamides is 1. The number of rotatable bonds is 13. The minimum absolute atomic E-state index is 0.0151. The van der Waals surface area contributed by atoms with E-state index in [-0.39, 0.29) is 29.5 Å². The van der Waals surface area contributed by atoms with Gasteiger partial charge in [-0.2, -0.15) is 0 Å². The second-order valence-corrected chi connectivity index (χ2v) is 12.2. The molecule has 4 aromatic rings. The predicted octanol–water partition coefficient (Wildman–Crippen LogP) is 5.50. The molecule has 0 bridgehead atoms. The van der Waals surface area contributed by atoms with E-state index >= 15 is 0 Å². The number of benzene rings is 4. The summed E-state index contributed by atoms with van der Waals surface area (Å²) in [6.07, 6.45) is 0.944. The van der Waals surface area contributed by atoms with E-state index in [2.05, 4.69) is 5.32 Å². The molecule has 0 aliphatic carbocycles. The first-order chi connectivity index (χ1) is 20.7. The Labute approximate surface area is 253 Å². The third-order valence-electron chi connectivity index (χ3n) is 7.02. The van der Waals surface area contributed by atoms with Crippen molar-refractivity contribution >= 4 is 27.5 Å². The number of amides is 2. The average Bonchev–Trinajstić information content (AvgIpc) is 3.02. The van der Waals surface area contributed by atoms with Crippen LogP contribution >= 0.6 is 0 Å². The largest absolute Gasteiger partial charge is 0.354 e. The summed E-state index contributed by atoms with van der Waals surface area (Å²) in [6, 6.07) is 28.8. The quantitative estimate of drug-likeness (QED) is 0.219. The molecule has 1 atom stereocenters. The van der Waals surface area contributed by atoms with Crippen LogP contribution in [0, 0.1) is 12.7 Å². The molecule has 224 valence electrons. The fourth-order valence-corrected chi connectivity index (χ4v) is 6.10. The highest BCUT2D eigenvalue weighted by molar-refractivity contribution is 7.92. The minimum atomic E-state index is -4.23. The zero-order valence-electron chi connectivity index (χ0n) is 24.3. The Morgan fingerprint density at radius 1 is 0.814 bits per heavy atom. The van der Waals surface area contributed by atoms with Gasteiger partial charge in [0.05, 0.1) is 10.6 Å². The average molecular weight is 602 g/mol. The number of carbonyl (C=O) groups is 2. The maximum absolute atomic E-state index is 14.3. The Morgan fingerprint density at radius 2 is 1.42 bits per heavy atom. The van der Waals surface area contributed by atoms with E-state index in [9.17, 15) is 22.4 Å². The van der Waals surface area contributed by atoms with Crippen LogP contribution in [0.5, 0.6) is 0 Å². The van der Waals surface area contributed by atoms with Gasteiger partial charge in [0.1, 0.15) is 18.4 Å². The highest BCUT2D eigenvalue weighted by Crippen LogP contribution is 2.25. The fraction of sp³-hybridized carbons (Fsp3) is 0.235. The van der Waals surface area contributed by atoms with E-state index in [0.29, 0.717) is 13.0 Å². The second kappa shape index (κ2) is 14.6. The molecule has 0 aromatic heterocycles. The lowest BCUT2D eigenvalue weighted by Crippen LogP contribution is -2.53. The Kier molecular flexibility index (Phi) is 10.7. The number of hydrogen-bond acceptors (Lipinski definition) is 4. The molecule has 0 saturated carbocycles. The number of anilines is 1. The molecule has 0 saturated heterocycles. The van der Waals surface area contributed by atoms with Gasteiger partial charge in [-0.05, 0) is 60.9 Å². The molecule has 4 rings (SSSR count). The third-order valence-corrected chi connectivity index (χ3v) is 8.81. The molecule has 9 heteroatoms. The van der Waals surface area contributed by atoms with Crippen LogP contribution in [0.1, 0.15) is 30.0 Å². The topological polar surface area (TPSA) is 86.8 Å². The monoisotopic (exact) mass is 601 g/mol. The van der Waals surface area contributed by atoms with Gasteiger partial charge in [-0.25, -0.2) is 12.8 Å². The zero-order chi connectivity index (χ0) is 30.8. The summed E-state index contributed by atoms with van der Waals surface area (Å²) >= 11 is 0. The molecule has 0 aliphatic heterocycles. The van der Waals surface area contributed by atoms with Gasteiger partial charge < -0.3 is 10.2 Å². The van der Waals surface area contributed by atoms with E-state index in [1.807, 2.05) is 68.4 Å². The molecule has 0 radical (unpaired) electrons. The van der Waals surface area contributed by atoms with Gasteiger partial charge in [0.25, 0.3) is 10.0 Å². The number of carbonyl (C=O) groups excluding carboxylic acids is 2. The molecule has 0 aliphatic rings. The van der Waals surface area contributed by atoms with Crippen molar-refractivity contribution < 1.29 is 22.4 Å². The van der Waals surface area contributed by atoms with Gasteiger partial charge in [0, 0.05) is 19.5 Å². The van der Waals surface area contributed by atoms with Gasteiger partial charge in [-0.1, -0.05) is 85.3 Å². The van der Waals surface area contributed by atoms with Crippen LogP contribution in [-0.2, 0) is 32.6 Å². The van der Waals surface area contributed by atoms with Crippen molar-refractivity contribution in [1.82, 2.24) is 10.2 Å². The number of hydrogen-bond donors (Lipinski definition) is 1. The van der Waals surface area contributed by atoms with Gasteiger partial charge >= 0.3 is 0 Å². The Hall–Kier alpha value is -4.50. The van der Waals surface area contributed by atoms with Crippen LogP contribution in [0.15, 0.2) is 114 Å². The van der Waals surface area contributed by atoms with E-state index in [1.165, 1.54) is 29.2 Å². The lowest BCUT2D eigenvalue weighted by molar-refractivity contribution is -0.140. The van der Waals surface area contributed by atoms with E-state index < -0.39 is 34.3 Å². The van der Waals surface area contributed by atoms with Crippen LogP contribution in [0.4, 0.5) is 10.1 Å². The highest BCUT2D eigenvalue weighted by atomic mass is 32.2. The lowest BCUT2D eigenvalue weighted by atomic mass is 10.0. The van der Waals surface area contributed by atoms with Crippen molar-refractivity contribution in [3.8, 4) is 0 Å². The summed E-state index contributed by atoms with van der Waals surface area (Å²) < 4.78 is 42.6. The summed E-state index contributed by atoms with van der Waals surface area (Å²) in [4.78, 5) is 29.4. The third kappa shape index (κ3) is 8.29. The summed E-state index contributed by atoms with van der Waals surface area (Å²) in [5.74, 6) is -1.44. The second-order valence-electron chi connectivity index (χ2n) is 10.3. The van der Waals surface area contributed by atoms with E-state index in [0.717, 1.165) is 33.1 Å². The lowest BCUT2D eigenvalue weighted by Gasteiger charge is -2.34. The van der Waals surface area contributed by atoms with Crippen molar-refractivity contribution in [1.29, 1.82) is 0 Å². The first-order valence-corrected chi connectivity index (χ1v) is 15.6. The van der Waals surface area contributed by atoms with Crippen molar-refractivity contribution in [2.24, 2.45) is 0 Å². The van der Waals surface area contributed by atoms with Crippen molar-refractivity contribution in [2.45, 2.75) is 44.2 Å². The number of aryl methyl sites for hydroxylation is 1. The normalized spacial score (nSPS) is 11.9.